The van der Waals surface area contributed by atoms with E-state index in [1.165, 1.54) is 0 Å². The van der Waals surface area contributed by atoms with E-state index in [0.29, 0.717) is 6.42 Å². The number of hydrogen-bond donors (Lipinski definition) is 2. The normalized spacial score (nSPS) is 16.7. The zero-order valence-corrected chi connectivity index (χ0v) is 11.6. The summed E-state index contributed by atoms with van der Waals surface area (Å²) in [7, 11) is -2.46. The van der Waals surface area contributed by atoms with Crippen LogP contribution in [0.4, 0.5) is 0 Å². The molecule has 1 unspecified atom stereocenters. The van der Waals surface area contributed by atoms with Crippen LogP contribution in [0.15, 0.2) is 24.3 Å². The van der Waals surface area contributed by atoms with Crippen molar-refractivity contribution in [3.05, 3.63) is 41.8 Å². The fourth-order valence-corrected chi connectivity index (χ4v) is 2.92. The third-order valence-corrected chi connectivity index (χ3v) is 3.97. The van der Waals surface area contributed by atoms with Gasteiger partial charge in [0.2, 0.25) is 0 Å². The van der Waals surface area contributed by atoms with Crippen LogP contribution < -0.4 is 5.32 Å². The van der Waals surface area contributed by atoms with E-state index in [9.17, 15) is 13.2 Å². The van der Waals surface area contributed by atoms with Crippen LogP contribution in [-0.2, 0) is 27.7 Å². The number of nitrogens with one attached hydrogen (secondary N) is 1. The second-order valence-electron chi connectivity index (χ2n) is 4.74. The highest BCUT2D eigenvalue weighted by molar-refractivity contribution is 7.71. The van der Waals surface area contributed by atoms with Gasteiger partial charge >= 0.3 is 0 Å². The van der Waals surface area contributed by atoms with Gasteiger partial charge < -0.3 is 5.32 Å². The summed E-state index contributed by atoms with van der Waals surface area (Å²) in [4.78, 5) is 12.2. The Morgan fingerprint density at radius 1 is 1.26 bits per heavy atom. The summed E-state index contributed by atoms with van der Waals surface area (Å²) in [5.74, 6) is 0.180. The van der Waals surface area contributed by atoms with Crippen molar-refractivity contribution in [1.29, 1.82) is 0 Å². The number of carbonyl (C=O) groups is 1. The van der Waals surface area contributed by atoms with Crippen LogP contribution >= 0.6 is 0 Å². The summed E-state index contributed by atoms with van der Waals surface area (Å²) in [6.07, 6.45) is 3.15. The van der Waals surface area contributed by atoms with Gasteiger partial charge in [-0.25, -0.2) is 8.42 Å². The molecule has 2 rings (SSSR count). The van der Waals surface area contributed by atoms with Gasteiger partial charge in [0.15, 0.2) is 0 Å². The Morgan fingerprint density at radius 3 is 2.63 bits per heavy atom. The van der Waals surface area contributed by atoms with Gasteiger partial charge in [-0.3, -0.25) is 4.79 Å². The van der Waals surface area contributed by atoms with E-state index in [1.807, 2.05) is 18.6 Å². The van der Waals surface area contributed by atoms with Gasteiger partial charge in [0.25, 0.3) is 0 Å². The molecule has 0 aliphatic carbocycles. The average molecular weight is 280 g/mol. The lowest BCUT2D eigenvalue weighted by Crippen LogP contribution is -2.33. The molecule has 0 saturated carbocycles. The smallest absolute Gasteiger partial charge is 0.144 e. The number of benzene rings is 1. The molecule has 0 amide bonds. The minimum Gasteiger partial charge on any atom is -0.316 e. The molecule has 1 N–H and O–H groups in total. The second-order valence-corrected chi connectivity index (χ2v) is 5.72. The maximum absolute atomic E-state index is 12.2. The van der Waals surface area contributed by atoms with Gasteiger partial charge in [0.1, 0.15) is 16.5 Å². The lowest BCUT2D eigenvalue weighted by atomic mass is 9.89. The Bertz CT molecular complexity index is 511. The van der Waals surface area contributed by atoms with E-state index >= 15 is 0 Å². The SMILES string of the molecule is O=C(Cc1ccccc1C[SH](=O)=O)C1[CH]CNCC1. The molecule has 0 spiro atoms. The molecule has 0 bridgehead atoms. The summed E-state index contributed by atoms with van der Waals surface area (Å²) >= 11 is 0. The number of hydrogen-bond acceptors (Lipinski definition) is 4. The van der Waals surface area contributed by atoms with Crippen molar-refractivity contribution >= 4 is 16.5 Å². The minimum atomic E-state index is -2.46. The Labute approximate surface area is 115 Å². The van der Waals surface area contributed by atoms with Gasteiger partial charge in [0, 0.05) is 12.3 Å². The lowest BCUT2D eigenvalue weighted by molar-refractivity contribution is -0.121. The first kappa shape index (κ1) is 14.2. The van der Waals surface area contributed by atoms with Crippen LogP contribution in [-0.4, -0.2) is 27.3 Å². The van der Waals surface area contributed by atoms with Crippen LogP contribution in [0.3, 0.4) is 0 Å². The molecule has 19 heavy (non-hydrogen) atoms. The molecular weight excluding hydrogens is 262 g/mol. The topological polar surface area (TPSA) is 63.2 Å². The zero-order chi connectivity index (χ0) is 13.7. The lowest BCUT2D eigenvalue weighted by Gasteiger charge is -2.21. The number of carbonyl (C=O) groups excluding carboxylic acids is 1. The zero-order valence-electron chi connectivity index (χ0n) is 10.7. The molecule has 1 heterocycles. The van der Waals surface area contributed by atoms with E-state index in [1.54, 1.807) is 12.1 Å². The maximum Gasteiger partial charge on any atom is 0.144 e. The summed E-state index contributed by atoms with van der Waals surface area (Å²) in [5, 5.41) is 3.18. The quantitative estimate of drug-likeness (QED) is 0.780. The van der Waals surface area contributed by atoms with Crippen molar-refractivity contribution in [3.63, 3.8) is 0 Å². The number of rotatable bonds is 5. The summed E-state index contributed by atoms with van der Waals surface area (Å²) in [6.45, 7) is 1.63. The molecule has 1 radical (unpaired) electrons. The molecule has 1 aliphatic rings. The van der Waals surface area contributed by atoms with Crippen molar-refractivity contribution in [2.75, 3.05) is 13.1 Å². The number of piperidine rings is 1. The third-order valence-electron chi connectivity index (χ3n) is 3.37. The number of thiol groups is 1. The predicted molar refractivity (Wildman–Crippen MR) is 74.4 cm³/mol. The van der Waals surface area contributed by atoms with Gasteiger partial charge in [-0.15, -0.1) is 0 Å². The standard InChI is InChI=1S/C14H18NO3S/c16-14(11-5-7-15-8-6-11)9-12-3-1-2-4-13(12)10-19(17)18/h1-5,11,15,19H,6-10H2. The fourth-order valence-electron chi connectivity index (χ4n) is 2.34. The largest absolute Gasteiger partial charge is 0.316 e. The van der Waals surface area contributed by atoms with E-state index in [4.69, 9.17) is 0 Å². The Morgan fingerprint density at radius 2 is 2.00 bits per heavy atom. The second kappa shape index (κ2) is 6.82. The molecule has 1 fully saturated rings. The molecule has 1 saturated heterocycles. The van der Waals surface area contributed by atoms with Crippen molar-refractivity contribution < 1.29 is 13.2 Å². The van der Waals surface area contributed by atoms with E-state index in [-0.39, 0.29) is 17.5 Å². The predicted octanol–water partition coefficient (Wildman–Crippen LogP) is 0.723. The van der Waals surface area contributed by atoms with Crippen LogP contribution in [0.5, 0.6) is 0 Å². The molecule has 1 aromatic carbocycles. The molecule has 1 aromatic rings. The minimum absolute atomic E-state index is 0.00433. The van der Waals surface area contributed by atoms with Crippen molar-refractivity contribution in [2.45, 2.75) is 18.6 Å². The summed E-state index contributed by atoms with van der Waals surface area (Å²) < 4.78 is 21.7. The monoisotopic (exact) mass is 280 g/mol. The Hall–Kier alpha value is -1.20. The highest BCUT2D eigenvalue weighted by atomic mass is 32.2. The molecular formula is C14H18NO3S. The first-order valence-corrected chi connectivity index (χ1v) is 7.78. The first-order valence-electron chi connectivity index (χ1n) is 6.42. The Balaban J connectivity index is 2.07. The Kier molecular flexibility index (Phi) is 5.10. The molecule has 4 nitrogen and oxygen atoms in total. The van der Waals surface area contributed by atoms with Gasteiger partial charge in [-0.05, 0) is 37.1 Å². The maximum atomic E-state index is 12.2. The molecule has 103 valence electrons. The number of ketones is 1. The number of Topliss-reactive ketones (excluding diaryl/α,β-unsaturated/α-hetero) is 1. The highest BCUT2D eigenvalue weighted by Crippen LogP contribution is 2.17. The van der Waals surface area contributed by atoms with Crippen molar-refractivity contribution in [1.82, 2.24) is 5.32 Å². The molecule has 1 atom stereocenters. The van der Waals surface area contributed by atoms with Crippen molar-refractivity contribution in [3.8, 4) is 0 Å². The molecule has 1 aliphatic heterocycles. The highest BCUT2D eigenvalue weighted by Gasteiger charge is 2.21. The third kappa shape index (κ3) is 4.14. The van der Waals surface area contributed by atoms with Crippen LogP contribution in [0, 0.1) is 12.3 Å². The van der Waals surface area contributed by atoms with Crippen LogP contribution in [0.1, 0.15) is 17.5 Å². The van der Waals surface area contributed by atoms with Gasteiger partial charge in [-0.1, -0.05) is 24.3 Å². The van der Waals surface area contributed by atoms with Crippen LogP contribution in [0.2, 0.25) is 0 Å². The van der Waals surface area contributed by atoms with Gasteiger partial charge in [-0.2, -0.15) is 0 Å². The van der Waals surface area contributed by atoms with E-state index in [2.05, 4.69) is 5.32 Å². The van der Waals surface area contributed by atoms with E-state index in [0.717, 1.165) is 30.6 Å². The summed E-state index contributed by atoms with van der Waals surface area (Å²) in [5.41, 5.74) is 1.57. The summed E-state index contributed by atoms with van der Waals surface area (Å²) in [6, 6.07) is 7.27. The van der Waals surface area contributed by atoms with Gasteiger partial charge in [0.05, 0.1) is 5.75 Å². The molecule has 5 heteroatoms. The average Bonchev–Trinajstić information content (AvgIpc) is 2.41. The van der Waals surface area contributed by atoms with Crippen molar-refractivity contribution in [2.24, 2.45) is 5.92 Å². The molecule has 0 aromatic heterocycles. The fraction of sp³-hybridized carbons (Fsp3) is 0.429. The van der Waals surface area contributed by atoms with Crippen LogP contribution in [0.25, 0.3) is 0 Å². The first-order chi connectivity index (χ1) is 9.16. The van der Waals surface area contributed by atoms with E-state index < -0.39 is 10.7 Å².